The Hall–Kier alpha value is -12.4. The molecule has 0 spiro atoms. The number of rotatable bonds is 7. The lowest BCUT2D eigenvalue weighted by Crippen LogP contribution is -2.57. The van der Waals surface area contributed by atoms with Crippen LogP contribution in [-0.2, 0) is 22.7 Å². The lowest BCUT2D eigenvalue weighted by molar-refractivity contribution is 0.659. The van der Waals surface area contributed by atoms with Gasteiger partial charge in [-0.25, -0.2) is 0 Å². The van der Waals surface area contributed by atoms with E-state index in [4.69, 9.17) is 8.83 Å². The summed E-state index contributed by atoms with van der Waals surface area (Å²) in [6.07, 6.45) is 0.868. The molecule has 0 saturated carbocycles. The van der Waals surface area contributed by atoms with Crippen molar-refractivity contribution < 1.29 is 8.83 Å². The first kappa shape index (κ1) is 61.6. The monoisotopic (exact) mass is 1400 g/mol. The van der Waals surface area contributed by atoms with Crippen molar-refractivity contribution in [2.45, 2.75) is 89.9 Å². The number of anilines is 6. The van der Waals surface area contributed by atoms with E-state index in [0.717, 1.165) is 61.5 Å². The van der Waals surface area contributed by atoms with Gasteiger partial charge in [-0.15, -0.1) is 0 Å². The highest BCUT2D eigenvalue weighted by atomic mass is 16.3. The second-order valence-corrected chi connectivity index (χ2v) is 34.4. The molecular weight excluding hydrogens is 1330 g/mol. The molecule has 0 radical (unpaired) electrons. The van der Waals surface area contributed by atoms with Crippen molar-refractivity contribution in [2.24, 2.45) is 0 Å². The van der Waals surface area contributed by atoms with Crippen LogP contribution in [0.3, 0.4) is 0 Å². The van der Waals surface area contributed by atoms with Gasteiger partial charge in [0.2, 0.25) is 13.4 Å². The highest BCUT2D eigenvalue weighted by Crippen LogP contribution is 2.67. The summed E-state index contributed by atoms with van der Waals surface area (Å²) in [7, 11) is 0. The lowest BCUT2D eigenvalue weighted by Gasteiger charge is -2.49. The first-order chi connectivity index (χ1) is 53.7. The highest BCUT2D eigenvalue weighted by molar-refractivity contribution is 7.02. The number of para-hydroxylation sites is 1. The minimum Gasteiger partial charge on any atom is -0.456 e. The first-order valence-electron chi connectivity index (χ1n) is 39.7. The Morgan fingerprint density at radius 1 is 0.327 bits per heavy atom. The van der Waals surface area contributed by atoms with E-state index in [0.29, 0.717) is 5.92 Å². The van der Waals surface area contributed by atoms with Gasteiger partial charge in [0, 0.05) is 66.2 Å². The van der Waals surface area contributed by atoms with Crippen LogP contribution in [0.15, 0.2) is 288 Å². The van der Waals surface area contributed by atoms with Crippen LogP contribution in [0.4, 0.5) is 34.1 Å². The molecule has 2 atom stereocenters. The SMILES string of the molecule is CC(C)c1ccc(N2c3ccc(C(C)Cc4ccc5oc6cc(-c7cc8c9c%10c7C7(C)c%11ccccc%11-c%11cccc(c%117)N%10c7c(ccc%10c7C(C)(C)c7ccccc7-%10)B9c7ccc9c(c7-8)C(C)(C)c7ccccc7-9)ccc6c5c4)cc3B3c4ccccc4-c4cc(-c5ccc6c(c5)oc5ccccc56)cc2c43)cc1. The normalized spacial score (nSPS) is 16.6. The summed E-state index contributed by atoms with van der Waals surface area (Å²) in [5.41, 5.74) is 50.4. The van der Waals surface area contributed by atoms with Gasteiger partial charge in [-0.2, -0.15) is 0 Å². The zero-order chi connectivity index (χ0) is 73.0. The predicted molar refractivity (Wildman–Crippen MR) is 460 cm³/mol. The topological polar surface area (TPSA) is 32.8 Å². The summed E-state index contributed by atoms with van der Waals surface area (Å²) in [6, 6.07) is 108. The Morgan fingerprint density at radius 3 is 1.71 bits per heavy atom. The molecule has 0 bridgehead atoms. The van der Waals surface area contributed by atoms with Gasteiger partial charge in [-0.3, -0.25) is 0 Å². The summed E-state index contributed by atoms with van der Waals surface area (Å²) in [5.74, 6) is 0.628. The van der Waals surface area contributed by atoms with Gasteiger partial charge in [0.25, 0.3) is 0 Å². The van der Waals surface area contributed by atoms with E-state index in [2.05, 4.69) is 344 Å². The Morgan fingerprint density at radius 2 is 0.936 bits per heavy atom. The number of nitrogens with zero attached hydrogens (tertiary/aromatic N) is 2. The highest BCUT2D eigenvalue weighted by Gasteiger charge is 2.58. The molecule has 5 aliphatic heterocycles. The molecule has 2 unspecified atom stereocenters. The number of fused-ring (bicyclic) bond motifs is 30. The van der Waals surface area contributed by atoms with Gasteiger partial charge in [0.05, 0.1) is 5.69 Å². The fraction of sp³-hybridized carbons (Fsp3) is 0.135. The molecule has 25 rings (SSSR count). The molecule has 0 fully saturated rings. The molecule has 2 aromatic heterocycles. The molecule has 0 saturated heterocycles. The molecular formula is C104H74B2N2O2. The predicted octanol–water partition coefficient (Wildman–Crippen LogP) is 23.1. The molecule has 6 heteroatoms. The van der Waals surface area contributed by atoms with Crippen LogP contribution in [-0.4, -0.2) is 13.4 Å². The van der Waals surface area contributed by atoms with E-state index in [-0.39, 0.29) is 30.2 Å². The molecule has 4 nitrogen and oxygen atoms in total. The first-order valence-corrected chi connectivity index (χ1v) is 39.7. The van der Waals surface area contributed by atoms with Crippen molar-refractivity contribution in [1.29, 1.82) is 0 Å². The van der Waals surface area contributed by atoms with Crippen molar-refractivity contribution in [3.05, 3.63) is 335 Å². The van der Waals surface area contributed by atoms with Crippen molar-refractivity contribution in [1.82, 2.24) is 0 Å². The van der Waals surface area contributed by atoms with Gasteiger partial charge in [0.15, 0.2) is 0 Å². The summed E-state index contributed by atoms with van der Waals surface area (Å²) in [4.78, 5) is 5.37. The van der Waals surface area contributed by atoms with Crippen LogP contribution in [0, 0.1) is 0 Å². The Kier molecular flexibility index (Phi) is 11.8. The minimum absolute atomic E-state index is 0.0110. The third-order valence-corrected chi connectivity index (χ3v) is 27.8. The van der Waals surface area contributed by atoms with Crippen LogP contribution >= 0.6 is 0 Å². The van der Waals surface area contributed by atoms with Gasteiger partial charge in [0.1, 0.15) is 22.3 Å². The van der Waals surface area contributed by atoms with E-state index >= 15 is 0 Å². The van der Waals surface area contributed by atoms with Crippen LogP contribution in [0.1, 0.15) is 123 Å². The second-order valence-electron chi connectivity index (χ2n) is 34.4. The number of hydrogen-bond acceptors (Lipinski definition) is 4. The smallest absolute Gasteiger partial charge is 0.248 e. The standard InChI is InChI=1S/C104H74B2N2O2/c1-56(2)59-33-38-64(39-34-59)107-86-46-37-60(51-85(86)105-82-29-17-12-23-68(82)77-50-63(52-88(107)98(77)105)61-35-40-70-69-24-13-18-31-89(69)109-91(70)53-61)57(3)48-58-32-47-90-76(49-58)71-41-36-62(54-92(71)110-90)75-55-78-93-83(44-42-73-65-20-9-14-26-79(65)102(4,5)95(73)93)106-84-45-43-74-66-21-10-15-27-80(66)103(6,7)96(74)100(84)108-87-30-19-25-72-67-22-11-16-28-81(67)104(8,94(72)87)97(75)101(108)99(78)106/h9-47,49-57H,48H2,1-8H3. The van der Waals surface area contributed by atoms with Gasteiger partial charge in [-0.1, -0.05) is 254 Å². The fourth-order valence-electron chi connectivity index (χ4n) is 23.0. The third kappa shape index (κ3) is 7.65. The van der Waals surface area contributed by atoms with E-state index in [1.807, 2.05) is 0 Å². The largest absolute Gasteiger partial charge is 0.456 e. The molecule has 7 heterocycles. The average Bonchev–Trinajstić information content (AvgIpc) is 1.46. The second kappa shape index (κ2) is 21.1. The maximum absolute atomic E-state index is 7.23. The molecule has 17 aromatic rings. The Labute approximate surface area is 641 Å². The van der Waals surface area contributed by atoms with Crippen LogP contribution in [0.5, 0.6) is 0 Å². The van der Waals surface area contributed by atoms with Crippen molar-refractivity contribution in [3.63, 3.8) is 0 Å². The van der Waals surface area contributed by atoms with Gasteiger partial charge >= 0.3 is 0 Å². The average molecular weight is 1410 g/mol. The zero-order valence-corrected chi connectivity index (χ0v) is 62.8. The maximum atomic E-state index is 7.23. The number of furan rings is 2. The van der Waals surface area contributed by atoms with Crippen molar-refractivity contribution >= 4 is 124 Å². The van der Waals surface area contributed by atoms with Crippen LogP contribution in [0.2, 0.25) is 0 Å². The molecule has 0 amide bonds. The fourth-order valence-corrected chi connectivity index (χ4v) is 23.0. The molecule has 110 heavy (non-hydrogen) atoms. The molecule has 0 N–H and O–H groups in total. The number of benzene rings is 15. The lowest BCUT2D eigenvalue weighted by atomic mass is 9.36. The molecule has 518 valence electrons. The van der Waals surface area contributed by atoms with E-state index in [9.17, 15) is 0 Å². The Balaban J connectivity index is 0.638. The maximum Gasteiger partial charge on any atom is 0.248 e. The molecule has 15 aromatic carbocycles. The summed E-state index contributed by atoms with van der Waals surface area (Å²) < 4.78 is 13.8. The van der Waals surface area contributed by atoms with Crippen molar-refractivity contribution in [3.8, 4) is 77.9 Å². The van der Waals surface area contributed by atoms with Crippen molar-refractivity contribution in [2.75, 3.05) is 9.80 Å². The van der Waals surface area contributed by atoms with E-state index in [1.54, 1.807) is 0 Å². The quantitative estimate of drug-likeness (QED) is 0.149. The third-order valence-electron chi connectivity index (χ3n) is 27.8. The van der Waals surface area contributed by atoms with Gasteiger partial charge < -0.3 is 18.6 Å². The molecule has 8 aliphatic rings. The summed E-state index contributed by atoms with van der Waals surface area (Å²) >= 11 is 0. The number of hydrogen-bond donors (Lipinski definition) is 0. The zero-order valence-electron chi connectivity index (χ0n) is 62.8. The summed E-state index contributed by atoms with van der Waals surface area (Å²) in [6.45, 7) is 19.5. The van der Waals surface area contributed by atoms with Crippen LogP contribution in [0.25, 0.3) is 122 Å². The molecule has 3 aliphatic carbocycles. The summed E-state index contributed by atoms with van der Waals surface area (Å²) in [5, 5.41) is 4.57. The van der Waals surface area contributed by atoms with E-state index < -0.39 is 5.41 Å². The van der Waals surface area contributed by atoms with Gasteiger partial charge in [-0.05, 0) is 265 Å². The minimum atomic E-state index is -0.512. The van der Waals surface area contributed by atoms with E-state index in [1.165, 1.54) is 189 Å². The Bertz CT molecular complexity index is 7120. The van der Waals surface area contributed by atoms with Crippen LogP contribution < -0.4 is 42.6 Å².